The molecule has 0 spiro atoms. The normalized spacial score (nSPS) is 18.2. The second-order valence-corrected chi connectivity index (χ2v) is 13.4. The van der Waals surface area contributed by atoms with Crippen molar-refractivity contribution < 1.29 is 119 Å². The highest BCUT2D eigenvalue weighted by Gasteiger charge is 2.92. The van der Waals surface area contributed by atoms with Crippen LogP contribution in [0.4, 0.5) is 114 Å². The van der Waals surface area contributed by atoms with Crippen molar-refractivity contribution in [1.29, 1.82) is 0 Å². The van der Waals surface area contributed by atoms with Crippen molar-refractivity contribution in [3.63, 3.8) is 0 Å². The average molecular weight is 879 g/mol. The van der Waals surface area contributed by atoms with E-state index in [0.29, 0.717) is 0 Å². The summed E-state index contributed by atoms with van der Waals surface area (Å²) in [6.07, 6.45) is -27.1. The smallest absolute Gasteiger partial charge is 0.375 e. The average Bonchev–Trinajstić information content (AvgIpc) is 2.94. The highest BCUT2D eigenvalue weighted by atomic mass is 19.4. The standard InChI is InChI=1S/C28H32F26O/c1-11(2)15(7-9-17(29,30)19(33,34)21(37,38)23(41,42)25(45,46)27(49,50)51)13(5)55-14(6)16(12(3)4)8-10-18(31,32)20(35,36)22(39,40)24(43,44)26(47,48)28(52,53)54/h11-16H,7-10H2,1-6H3. The molecular weight excluding hydrogens is 846 g/mol. The van der Waals surface area contributed by atoms with E-state index in [9.17, 15) is 114 Å². The van der Waals surface area contributed by atoms with Gasteiger partial charge in [0, 0.05) is 12.8 Å². The summed E-state index contributed by atoms with van der Waals surface area (Å²) in [5.41, 5.74) is 0. The largest absolute Gasteiger partial charge is 0.460 e. The Morgan fingerprint density at radius 2 is 0.509 bits per heavy atom. The second kappa shape index (κ2) is 15.7. The molecule has 0 aliphatic carbocycles. The van der Waals surface area contributed by atoms with E-state index in [4.69, 9.17) is 4.74 Å². The first-order valence-corrected chi connectivity index (χ1v) is 15.2. The fourth-order valence-corrected chi connectivity index (χ4v) is 5.37. The molecule has 0 aliphatic heterocycles. The van der Waals surface area contributed by atoms with Crippen molar-refractivity contribution in [2.45, 2.75) is 151 Å². The van der Waals surface area contributed by atoms with Crippen molar-refractivity contribution in [3.8, 4) is 0 Å². The van der Waals surface area contributed by atoms with E-state index in [-0.39, 0.29) is 0 Å². The summed E-state index contributed by atoms with van der Waals surface area (Å²) in [5, 5.41) is 0. The van der Waals surface area contributed by atoms with E-state index in [0.717, 1.165) is 41.5 Å². The third-order valence-electron chi connectivity index (χ3n) is 8.93. The van der Waals surface area contributed by atoms with Crippen LogP contribution < -0.4 is 0 Å². The molecule has 0 radical (unpaired) electrons. The molecule has 0 bridgehead atoms. The van der Waals surface area contributed by atoms with Crippen LogP contribution in [-0.4, -0.2) is 83.8 Å². The fourth-order valence-electron chi connectivity index (χ4n) is 5.37. The van der Waals surface area contributed by atoms with E-state index < -0.39 is 133 Å². The molecule has 0 aromatic heterocycles. The zero-order chi connectivity index (χ0) is 45.0. The van der Waals surface area contributed by atoms with Gasteiger partial charge in [0.05, 0.1) is 12.2 Å². The Hall–Kier alpha value is -1.86. The number of hydrogen-bond donors (Lipinski definition) is 0. The lowest BCUT2D eigenvalue weighted by molar-refractivity contribution is -0.440. The Labute approximate surface area is 294 Å². The Morgan fingerprint density at radius 3 is 0.691 bits per heavy atom. The molecule has 0 aromatic rings. The summed E-state index contributed by atoms with van der Waals surface area (Å²) in [7, 11) is 0. The molecule has 4 unspecified atom stereocenters. The van der Waals surface area contributed by atoms with E-state index in [1.807, 2.05) is 0 Å². The highest BCUT2D eigenvalue weighted by molar-refractivity contribution is 5.11. The molecule has 0 fully saturated rings. The van der Waals surface area contributed by atoms with E-state index in [2.05, 4.69) is 0 Å². The lowest BCUT2D eigenvalue weighted by Gasteiger charge is -2.41. The van der Waals surface area contributed by atoms with Gasteiger partial charge in [-0.05, 0) is 50.4 Å². The van der Waals surface area contributed by atoms with Crippen LogP contribution in [0.1, 0.15) is 67.2 Å². The monoisotopic (exact) mass is 878 g/mol. The first-order valence-electron chi connectivity index (χ1n) is 15.2. The van der Waals surface area contributed by atoms with Gasteiger partial charge in [-0.15, -0.1) is 0 Å². The van der Waals surface area contributed by atoms with E-state index >= 15 is 0 Å². The molecule has 1 nitrogen and oxygen atoms in total. The van der Waals surface area contributed by atoms with Crippen molar-refractivity contribution in [2.24, 2.45) is 23.7 Å². The second-order valence-electron chi connectivity index (χ2n) is 13.4. The van der Waals surface area contributed by atoms with Crippen molar-refractivity contribution in [1.82, 2.24) is 0 Å². The van der Waals surface area contributed by atoms with Gasteiger partial charge in [0.2, 0.25) is 0 Å². The SMILES string of the molecule is CC(C)C(CCC(F)(F)C(F)(F)C(F)(F)C(F)(F)C(F)(F)C(F)(F)F)C(C)OC(C)C(CCC(F)(F)C(F)(F)C(F)(F)C(F)(F)C(F)(F)C(F)(F)F)C(C)C. The molecule has 0 heterocycles. The van der Waals surface area contributed by atoms with Gasteiger partial charge in [0.15, 0.2) is 0 Å². The van der Waals surface area contributed by atoms with Gasteiger partial charge in [-0.3, -0.25) is 0 Å². The molecule has 27 heteroatoms. The zero-order valence-corrected chi connectivity index (χ0v) is 28.5. The predicted molar refractivity (Wildman–Crippen MR) is 137 cm³/mol. The lowest BCUT2D eigenvalue weighted by Crippen LogP contribution is -2.70. The van der Waals surface area contributed by atoms with Crippen LogP contribution in [0.2, 0.25) is 0 Å². The lowest BCUT2D eigenvalue weighted by atomic mass is 9.82. The Bertz CT molecular complexity index is 1150. The third-order valence-corrected chi connectivity index (χ3v) is 8.93. The highest BCUT2D eigenvalue weighted by Crippen LogP contribution is 2.62. The number of ether oxygens (including phenoxy) is 1. The van der Waals surface area contributed by atoms with Gasteiger partial charge in [-0.1, -0.05) is 27.7 Å². The Balaban J connectivity index is 6.31. The summed E-state index contributed by atoms with van der Waals surface area (Å²) in [6.45, 7) is 5.98. The van der Waals surface area contributed by atoms with Crippen LogP contribution in [0.25, 0.3) is 0 Å². The first kappa shape index (κ1) is 53.1. The van der Waals surface area contributed by atoms with Gasteiger partial charge >= 0.3 is 71.6 Å². The molecule has 55 heavy (non-hydrogen) atoms. The maximum Gasteiger partial charge on any atom is 0.460 e. The first-order chi connectivity index (χ1) is 23.6. The molecule has 0 aromatic carbocycles. The van der Waals surface area contributed by atoms with Gasteiger partial charge < -0.3 is 4.74 Å². The molecule has 0 amide bonds. The molecule has 4 atom stereocenters. The number of halogens is 26. The number of rotatable bonds is 20. The molecule has 0 saturated heterocycles. The van der Waals surface area contributed by atoms with Crippen LogP contribution in [-0.2, 0) is 4.74 Å². The summed E-state index contributed by atoms with van der Waals surface area (Å²) in [4.78, 5) is 0. The molecular formula is C28H32F26O. The Kier molecular flexibility index (Phi) is 15.2. The minimum Gasteiger partial charge on any atom is -0.375 e. The quantitative estimate of drug-likeness (QED) is 0.111. The van der Waals surface area contributed by atoms with Crippen LogP contribution in [0.15, 0.2) is 0 Å². The zero-order valence-electron chi connectivity index (χ0n) is 28.5. The van der Waals surface area contributed by atoms with E-state index in [1.54, 1.807) is 0 Å². The van der Waals surface area contributed by atoms with Crippen molar-refractivity contribution in [3.05, 3.63) is 0 Å². The molecule has 332 valence electrons. The van der Waals surface area contributed by atoms with Gasteiger partial charge in [-0.25, -0.2) is 0 Å². The summed E-state index contributed by atoms with van der Waals surface area (Å²) in [6, 6.07) is 0. The minimum absolute atomic E-state index is 0.855. The van der Waals surface area contributed by atoms with Gasteiger partial charge in [-0.2, -0.15) is 114 Å². The van der Waals surface area contributed by atoms with Crippen molar-refractivity contribution >= 4 is 0 Å². The van der Waals surface area contributed by atoms with Crippen LogP contribution in [0.3, 0.4) is 0 Å². The number of alkyl halides is 26. The topological polar surface area (TPSA) is 9.23 Å². The maximum atomic E-state index is 14.4. The minimum atomic E-state index is -8.16. The van der Waals surface area contributed by atoms with E-state index in [1.165, 1.54) is 0 Å². The summed E-state index contributed by atoms with van der Waals surface area (Å²) in [5.74, 6) is -82.2. The summed E-state index contributed by atoms with van der Waals surface area (Å²) >= 11 is 0. The van der Waals surface area contributed by atoms with Crippen LogP contribution in [0, 0.1) is 23.7 Å². The third kappa shape index (κ3) is 9.08. The van der Waals surface area contributed by atoms with Crippen LogP contribution >= 0.6 is 0 Å². The molecule has 0 aliphatic rings. The van der Waals surface area contributed by atoms with Crippen molar-refractivity contribution in [2.75, 3.05) is 0 Å². The number of hydrogen-bond acceptors (Lipinski definition) is 1. The van der Waals surface area contributed by atoms with Crippen LogP contribution in [0.5, 0.6) is 0 Å². The fraction of sp³-hybridized carbons (Fsp3) is 1.00. The van der Waals surface area contributed by atoms with Gasteiger partial charge in [0.1, 0.15) is 0 Å². The maximum absolute atomic E-state index is 14.4. The van der Waals surface area contributed by atoms with Gasteiger partial charge in [0.25, 0.3) is 0 Å². The molecule has 0 saturated carbocycles. The predicted octanol–water partition coefficient (Wildman–Crippen LogP) is 13.4. The summed E-state index contributed by atoms with van der Waals surface area (Å²) < 4.78 is 356. The molecule has 0 N–H and O–H groups in total. The molecule has 0 rings (SSSR count). The Morgan fingerprint density at radius 1 is 0.309 bits per heavy atom.